The second-order valence-corrected chi connectivity index (χ2v) is 7.16. The number of imidazole rings is 1. The maximum atomic E-state index is 12.3. The van der Waals surface area contributed by atoms with E-state index in [1.807, 2.05) is 36.4 Å². The fourth-order valence-corrected chi connectivity index (χ4v) is 3.74. The highest BCUT2D eigenvalue weighted by molar-refractivity contribution is 7.22. The Hall–Kier alpha value is -3.26. The van der Waals surface area contributed by atoms with Gasteiger partial charge in [0.2, 0.25) is 11.8 Å². The topological polar surface area (TPSA) is 99.8 Å². The van der Waals surface area contributed by atoms with Gasteiger partial charge in [-0.3, -0.25) is 9.59 Å². The molecule has 0 bridgehead atoms. The van der Waals surface area contributed by atoms with Crippen molar-refractivity contribution in [2.24, 2.45) is 0 Å². The van der Waals surface area contributed by atoms with Gasteiger partial charge in [-0.25, -0.2) is 9.97 Å². The lowest BCUT2D eigenvalue weighted by atomic mass is 10.2. The number of aromatic amines is 1. The molecule has 0 atom stereocenters. The summed E-state index contributed by atoms with van der Waals surface area (Å²) in [5.74, 6) is 0.554. The van der Waals surface area contributed by atoms with Crippen LogP contribution in [0.15, 0.2) is 42.5 Å². The summed E-state index contributed by atoms with van der Waals surface area (Å²) in [5.41, 5.74) is 3.36. The molecule has 0 fully saturated rings. The van der Waals surface area contributed by atoms with Crippen molar-refractivity contribution in [1.29, 1.82) is 0 Å². The summed E-state index contributed by atoms with van der Waals surface area (Å²) in [6, 6.07) is 13.3. The Bertz CT molecular complexity index is 1110. The number of para-hydroxylation sites is 2. The molecule has 2 aromatic heterocycles. The molecule has 4 aromatic rings. The SMILES string of the molecule is CC(=O)Nc1nc2ccc(NC(=O)CCc3nc4ccccc4[nH]3)cc2s1. The molecule has 0 spiro atoms. The predicted octanol–water partition coefficient (Wildman–Crippen LogP) is 3.70. The lowest BCUT2D eigenvalue weighted by molar-refractivity contribution is -0.116. The summed E-state index contributed by atoms with van der Waals surface area (Å²) in [6.07, 6.45) is 0.869. The number of nitrogens with one attached hydrogen (secondary N) is 3. The second kappa shape index (κ2) is 7.16. The summed E-state index contributed by atoms with van der Waals surface area (Å²) in [6.45, 7) is 1.44. The molecule has 7 nitrogen and oxygen atoms in total. The van der Waals surface area contributed by atoms with Crippen molar-refractivity contribution >= 4 is 55.2 Å². The number of aryl methyl sites for hydroxylation is 1. The van der Waals surface area contributed by atoms with Crippen LogP contribution in [0.25, 0.3) is 21.3 Å². The Morgan fingerprint density at radius 3 is 2.74 bits per heavy atom. The third kappa shape index (κ3) is 3.95. The summed E-state index contributed by atoms with van der Waals surface area (Å²) in [5, 5.41) is 6.12. The zero-order valence-corrected chi connectivity index (χ0v) is 15.4. The highest BCUT2D eigenvalue weighted by Crippen LogP contribution is 2.28. The molecule has 136 valence electrons. The standard InChI is InChI=1S/C19H17N5O2S/c1-11(25)20-19-24-15-7-6-12(10-16(15)27-19)21-18(26)9-8-17-22-13-4-2-3-5-14(13)23-17/h2-7,10H,8-9H2,1H3,(H,21,26)(H,22,23)(H,20,24,25). The first-order chi connectivity index (χ1) is 13.1. The Labute approximate surface area is 158 Å². The zero-order valence-electron chi connectivity index (χ0n) is 14.6. The van der Waals surface area contributed by atoms with Crippen LogP contribution in [0.1, 0.15) is 19.2 Å². The number of hydrogen-bond donors (Lipinski definition) is 3. The number of aromatic nitrogens is 3. The maximum absolute atomic E-state index is 12.3. The van der Waals surface area contributed by atoms with Crippen LogP contribution >= 0.6 is 11.3 Å². The molecule has 27 heavy (non-hydrogen) atoms. The van der Waals surface area contributed by atoms with E-state index >= 15 is 0 Å². The second-order valence-electron chi connectivity index (χ2n) is 6.13. The van der Waals surface area contributed by atoms with Gasteiger partial charge in [0.05, 0.1) is 21.3 Å². The molecule has 0 aliphatic carbocycles. The normalized spacial score (nSPS) is 11.0. The molecular weight excluding hydrogens is 362 g/mol. The van der Waals surface area contributed by atoms with Gasteiger partial charge >= 0.3 is 0 Å². The maximum Gasteiger partial charge on any atom is 0.224 e. The molecule has 4 rings (SSSR count). The van der Waals surface area contributed by atoms with E-state index in [1.54, 1.807) is 6.07 Å². The van der Waals surface area contributed by atoms with Crippen LogP contribution in [0, 0.1) is 0 Å². The average molecular weight is 379 g/mol. The number of nitrogens with zero attached hydrogens (tertiary/aromatic N) is 2. The Morgan fingerprint density at radius 1 is 1.07 bits per heavy atom. The van der Waals surface area contributed by atoms with E-state index in [9.17, 15) is 9.59 Å². The van der Waals surface area contributed by atoms with Gasteiger partial charge in [0.25, 0.3) is 0 Å². The van der Waals surface area contributed by atoms with Crippen molar-refractivity contribution in [3.05, 3.63) is 48.3 Å². The van der Waals surface area contributed by atoms with Crippen molar-refractivity contribution in [3.8, 4) is 0 Å². The summed E-state index contributed by atoms with van der Waals surface area (Å²) in [7, 11) is 0. The monoisotopic (exact) mass is 379 g/mol. The molecule has 0 aliphatic rings. The highest BCUT2D eigenvalue weighted by Gasteiger charge is 2.09. The first-order valence-corrected chi connectivity index (χ1v) is 9.30. The highest BCUT2D eigenvalue weighted by atomic mass is 32.1. The molecule has 3 N–H and O–H groups in total. The molecule has 0 saturated heterocycles. The minimum atomic E-state index is -0.159. The average Bonchev–Trinajstić information content (AvgIpc) is 3.21. The molecular formula is C19H17N5O2S. The molecule has 2 aromatic carbocycles. The van der Waals surface area contributed by atoms with Crippen LogP contribution in [-0.4, -0.2) is 26.8 Å². The van der Waals surface area contributed by atoms with E-state index in [0.29, 0.717) is 23.7 Å². The van der Waals surface area contributed by atoms with E-state index < -0.39 is 0 Å². The van der Waals surface area contributed by atoms with Gasteiger partial charge < -0.3 is 15.6 Å². The van der Waals surface area contributed by atoms with E-state index in [2.05, 4.69) is 25.6 Å². The number of amides is 2. The number of anilines is 2. The van der Waals surface area contributed by atoms with Crippen LogP contribution in [0.5, 0.6) is 0 Å². The number of rotatable bonds is 5. The number of carbonyl (C=O) groups is 2. The summed E-state index contributed by atoms with van der Waals surface area (Å²) >= 11 is 1.37. The Morgan fingerprint density at radius 2 is 1.93 bits per heavy atom. The fraction of sp³-hybridized carbons (Fsp3) is 0.158. The molecule has 0 saturated carbocycles. The lowest BCUT2D eigenvalue weighted by Gasteiger charge is -2.04. The number of H-pyrrole nitrogens is 1. The van der Waals surface area contributed by atoms with E-state index in [-0.39, 0.29) is 11.8 Å². The first-order valence-electron chi connectivity index (χ1n) is 8.48. The van der Waals surface area contributed by atoms with E-state index in [0.717, 1.165) is 27.1 Å². The summed E-state index contributed by atoms with van der Waals surface area (Å²) < 4.78 is 0.897. The van der Waals surface area contributed by atoms with Crippen LogP contribution in [0.4, 0.5) is 10.8 Å². The molecule has 8 heteroatoms. The number of carbonyl (C=O) groups excluding carboxylic acids is 2. The number of hydrogen-bond acceptors (Lipinski definition) is 5. The number of thiazole rings is 1. The third-order valence-electron chi connectivity index (χ3n) is 3.98. The number of benzene rings is 2. The Balaban J connectivity index is 1.40. The van der Waals surface area contributed by atoms with Gasteiger partial charge in [0, 0.05) is 25.5 Å². The van der Waals surface area contributed by atoms with Crippen molar-refractivity contribution in [3.63, 3.8) is 0 Å². The van der Waals surface area contributed by atoms with E-state index in [1.165, 1.54) is 18.3 Å². The minimum Gasteiger partial charge on any atom is -0.342 e. The van der Waals surface area contributed by atoms with Gasteiger partial charge in [0.15, 0.2) is 5.13 Å². The van der Waals surface area contributed by atoms with Crippen LogP contribution in [-0.2, 0) is 16.0 Å². The first kappa shape index (κ1) is 17.2. The molecule has 2 heterocycles. The predicted molar refractivity (Wildman–Crippen MR) is 107 cm³/mol. The van der Waals surface area contributed by atoms with Gasteiger partial charge in [-0.2, -0.15) is 0 Å². The minimum absolute atomic E-state index is 0.0820. The van der Waals surface area contributed by atoms with Crippen LogP contribution < -0.4 is 10.6 Å². The lowest BCUT2D eigenvalue weighted by Crippen LogP contribution is -2.12. The summed E-state index contributed by atoms with van der Waals surface area (Å²) in [4.78, 5) is 35.4. The van der Waals surface area contributed by atoms with Gasteiger partial charge in [-0.15, -0.1) is 0 Å². The van der Waals surface area contributed by atoms with Gasteiger partial charge in [0.1, 0.15) is 5.82 Å². The molecule has 0 aliphatic heterocycles. The molecule has 2 amide bonds. The van der Waals surface area contributed by atoms with Gasteiger partial charge in [-0.1, -0.05) is 23.5 Å². The smallest absolute Gasteiger partial charge is 0.224 e. The zero-order chi connectivity index (χ0) is 18.8. The quantitative estimate of drug-likeness (QED) is 0.492. The van der Waals surface area contributed by atoms with Crippen LogP contribution in [0.2, 0.25) is 0 Å². The van der Waals surface area contributed by atoms with Crippen molar-refractivity contribution < 1.29 is 9.59 Å². The fourth-order valence-electron chi connectivity index (χ4n) is 2.79. The third-order valence-corrected chi connectivity index (χ3v) is 4.92. The van der Waals surface area contributed by atoms with Crippen LogP contribution in [0.3, 0.4) is 0 Å². The van der Waals surface area contributed by atoms with E-state index in [4.69, 9.17) is 0 Å². The van der Waals surface area contributed by atoms with Crippen molar-refractivity contribution in [2.45, 2.75) is 19.8 Å². The molecule has 0 unspecified atom stereocenters. The van der Waals surface area contributed by atoms with Crippen molar-refractivity contribution in [1.82, 2.24) is 15.0 Å². The van der Waals surface area contributed by atoms with Gasteiger partial charge in [-0.05, 0) is 30.3 Å². The Kier molecular flexibility index (Phi) is 4.55. The molecule has 0 radical (unpaired) electrons. The largest absolute Gasteiger partial charge is 0.342 e. The van der Waals surface area contributed by atoms with Crippen molar-refractivity contribution in [2.75, 3.05) is 10.6 Å². The number of fused-ring (bicyclic) bond motifs is 2.